The van der Waals surface area contributed by atoms with Gasteiger partial charge in [0.05, 0.1) is 17.8 Å². The van der Waals surface area contributed by atoms with E-state index in [4.69, 9.17) is 4.74 Å². The molecule has 118 valence electrons. The molecule has 1 amide bonds. The second-order valence-electron chi connectivity index (χ2n) is 5.29. The van der Waals surface area contributed by atoms with E-state index in [0.29, 0.717) is 15.8 Å². The van der Waals surface area contributed by atoms with Gasteiger partial charge in [-0.2, -0.15) is 0 Å². The molecular weight excluding hydrogens is 360 g/mol. The maximum absolute atomic E-state index is 12.1. The van der Waals surface area contributed by atoms with Crippen molar-refractivity contribution in [3.63, 3.8) is 0 Å². The van der Waals surface area contributed by atoms with Gasteiger partial charge in [-0.3, -0.25) is 4.79 Å². The van der Waals surface area contributed by atoms with Crippen molar-refractivity contribution in [1.29, 1.82) is 0 Å². The summed E-state index contributed by atoms with van der Waals surface area (Å²) in [5.41, 5.74) is -0.315. The van der Waals surface area contributed by atoms with Gasteiger partial charge in [-0.25, -0.2) is 13.1 Å². The summed E-state index contributed by atoms with van der Waals surface area (Å²) in [5, 5.41) is 2.70. The SMILES string of the molecule is COc1ccc(C(=O)NCC(C)(C)NS(C)(=O)=O)cc1Br. The van der Waals surface area contributed by atoms with Crippen molar-refractivity contribution in [2.24, 2.45) is 0 Å². The molecule has 8 heteroatoms. The Bertz CT molecular complexity index is 629. The first-order valence-electron chi connectivity index (χ1n) is 6.15. The quantitative estimate of drug-likeness (QED) is 0.785. The van der Waals surface area contributed by atoms with Crippen molar-refractivity contribution in [2.45, 2.75) is 19.4 Å². The minimum absolute atomic E-state index is 0.169. The summed E-state index contributed by atoms with van der Waals surface area (Å²) >= 11 is 3.31. The van der Waals surface area contributed by atoms with Crippen LogP contribution in [-0.2, 0) is 10.0 Å². The molecule has 0 spiro atoms. The Morgan fingerprint density at radius 3 is 2.48 bits per heavy atom. The zero-order valence-corrected chi connectivity index (χ0v) is 14.8. The monoisotopic (exact) mass is 378 g/mol. The topological polar surface area (TPSA) is 84.5 Å². The average Bonchev–Trinajstić information content (AvgIpc) is 2.33. The van der Waals surface area contributed by atoms with Crippen molar-refractivity contribution in [2.75, 3.05) is 19.9 Å². The summed E-state index contributed by atoms with van der Waals surface area (Å²) in [6.07, 6.45) is 1.08. The number of benzene rings is 1. The van der Waals surface area contributed by atoms with Gasteiger partial charge in [0.15, 0.2) is 0 Å². The fraction of sp³-hybridized carbons (Fsp3) is 0.462. The van der Waals surface area contributed by atoms with E-state index in [1.54, 1.807) is 39.2 Å². The molecular formula is C13H19BrN2O4S. The van der Waals surface area contributed by atoms with E-state index in [1.807, 2.05) is 0 Å². The Morgan fingerprint density at radius 2 is 2.00 bits per heavy atom. The molecule has 0 heterocycles. The molecule has 0 saturated heterocycles. The van der Waals surface area contributed by atoms with Crippen LogP contribution in [0.1, 0.15) is 24.2 Å². The molecule has 0 aliphatic heterocycles. The number of hydrogen-bond donors (Lipinski definition) is 2. The van der Waals surface area contributed by atoms with Gasteiger partial charge >= 0.3 is 0 Å². The van der Waals surface area contributed by atoms with Gasteiger partial charge in [0, 0.05) is 17.6 Å². The van der Waals surface area contributed by atoms with Crippen LogP contribution in [0.15, 0.2) is 22.7 Å². The maximum atomic E-state index is 12.1. The highest BCUT2D eigenvalue weighted by Crippen LogP contribution is 2.25. The molecule has 0 bridgehead atoms. The summed E-state index contributed by atoms with van der Waals surface area (Å²) < 4.78 is 30.7. The Kier molecular flexibility index (Phi) is 5.77. The van der Waals surface area contributed by atoms with Crippen molar-refractivity contribution in [1.82, 2.24) is 10.0 Å². The lowest BCUT2D eigenvalue weighted by Gasteiger charge is -2.25. The lowest BCUT2D eigenvalue weighted by Crippen LogP contribution is -2.51. The predicted octanol–water partition coefficient (Wildman–Crippen LogP) is 1.52. The van der Waals surface area contributed by atoms with E-state index in [2.05, 4.69) is 26.0 Å². The fourth-order valence-electron chi connectivity index (χ4n) is 1.75. The highest BCUT2D eigenvalue weighted by molar-refractivity contribution is 9.10. The molecule has 0 aliphatic carbocycles. The van der Waals surface area contributed by atoms with Crippen molar-refractivity contribution in [3.05, 3.63) is 28.2 Å². The number of carbonyl (C=O) groups is 1. The first-order valence-corrected chi connectivity index (χ1v) is 8.83. The van der Waals surface area contributed by atoms with Crippen LogP contribution in [0.3, 0.4) is 0 Å². The summed E-state index contributed by atoms with van der Waals surface area (Å²) in [6, 6.07) is 4.96. The van der Waals surface area contributed by atoms with Crippen molar-refractivity contribution in [3.8, 4) is 5.75 Å². The molecule has 1 rings (SSSR count). The number of halogens is 1. The van der Waals surface area contributed by atoms with Gasteiger partial charge in [0.25, 0.3) is 5.91 Å². The molecule has 6 nitrogen and oxygen atoms in total. The Morgan fingerprint density at radius 1 is 1.38 bits per heavy atom. The van der Waals surface area contributed by atoms with Crippen LogP contribution in [0, 0.1) is 0 Å². The normalized spacial score (nSPS) is 12.0. The van der Waals surface area contributed by atoms with Crippen LogP contribution < -0.4 is 14.8 Å². The third-order valence-electron chi connectivity index (χ3n) is 2.57. The minimum atomic E-state index is -3.34. The van der Waals surface area contributed by atoms with E-state index >= 15 is 0 Å². The van der Waals surface area contributed by atoms with Crippen LogP contribution >= 0.6 is 15.9 Å². The Balaban J connectivity index is 2.72. The molecule has 0 unspecified atom stereocenters. The lowest BCUT2D eigenvalue weighted by molar-refractivity contribution is 0.0944. The second-order valence-corrected chi connectivity index (χ2v) is 7.89. The van der Waals surface area contributed by atoms with E-state index in [1.165, 1.54) is 0 Å². The van der Waals surface area contributed by atoms with Gasteiger partial charge in [-0.05, 0) is 48.0 Å². The Hall–Kier alpha value is -1.12. The number of carbonyl (C=O) groups excluding carboxylic acids is 1. The molecule has 0 saturated carbocycles. The molecule has 2 N–H and O–H groups in total. The summed E-state index contributed by atoms with van der Waals surface area (Å²) in [7, 11) is -1.79. The van der Waals surface area contributed by atoms with Crippen LogP contribution in [0.25, 0.3) is 0 Å². The molecule has 1 aromatic carbocycles. The predicted molar refractivity (Wildman–Crippen MR) is 85.1 cm³/mol. The third kappa shape index (κ3) is 6.03. The van der Waals surface area contributed by atoms with Crippen LogP contribution in [0.5, 0.6) is 5.75 Å². The first-order chi connectivity index (χ1) is 9.54. The number of rotatable bonds is 6. The molecule has 0 radical (unpaired) electrons. The number of ether oxygens (including phenoxy) is 1. The number of sulfonamides is 1. The maximum Gasteiger partial charge on any atom is 0.251 e. The smallest absolute Gasteiger partial charge is 0.251 e. The fourth-order valence-corrected chi connectivity index (χ4v) is 3.37. The molecule has 0 atom stereocenters. The summed E-state index contributed by atoms with van der Waals surface area (Å²) in [6.45, 7) is 3.55. The molecule has 0 aromatic heterocycles. The van der Waals surface area contributed by atoms with Crippen molar-refractivity contribution < 1.29 is 17.9 Å². The van der Waals surface area contributed by atoms with Gasteiger partial charge in [-0.1, -0.05) is 0 Å². The van der Waals surface area contributed by atoms with Gasteiger partial charge < -0.3 is 10.1 Å². The van der Waals surface area contributed by atoms with Crippen LogP contribution in [0.4, 0.5) is 0 Å². The van der Waals surface area contributed by atoms with Gasteiger partial charge in [0.2, 0.25) is 10.0 Å². The van der Waals surface area contributed by atoms with Crippen molar-refractivity contribution >= 4 is 31.9 Å². The van der Waals surface area contributed by atoms with Crippen LogP contribution in [-0.4, -0.2) is 39.8 Å². The van der Waals surface area contributed by atoms with Gasteiger partial charge in [-0.15, -0.1) is 0 Å². The van der Waals surface area contributed by atoms with E-state index < -0.39 is 15.6 Å². The zero-order chi connectivity index (χ0) is 16.3. The largest absolute Gasteiger partial charge is 0.496 e. The number of nitrogens with one attached hydrogen (secondary N) is 2. The first kappa shape index (κ1) is 17.9. The molecule has 21 heavy (non-hydrogen) atoms. The average molecular weight is 379 g/mol. The molecule has 0 fully saturated rings. The minimum Gasteiger partial charge on any atom is -0.496 e. The molecule has 1 aromatic rings. The molecule has 0 aliphatic rings. The Labute approximate surface area is 133 Å². The second kappa shape index (κ2) is 6.76. The summed E-state index contributed by atoms with van der Waals surface area (Å²) in [5.74, 6) is 0.340. The highest BCUT2D eigenvalue weighted by Gasteiger charge is 2.23. The summed E-state index contributed by atoms with van der Waals surface area (Å²) in [4.78, 5) is 12.1. The lowest BCUT2D eigenvalue weighted by atomic mass is 10.1. The van der Waals surface area contributed by atoms with E-state index in [0.717, 1.165) is 6.26 Å². The van der Waals surface area contributed by atoms with Gasteiger partial charge in [0.1, 0.15) is 5.75 Å². The third-order valence-corrected chi connectivity index (χ3v) is 4.11. The van der Waals surface area contributed by atoms with Crippen LogP contribution in [0.2, 0.25) is 0 Å². The van der Waals surface area contributed by atoms with E-state index in [-0.39, 0.29) is 12.5 Å². The number of methoxy groups -OCH3 is 1. The number of amides is 1. The number of hydrogen-bond acceptors (Lipinski definition) is 4. The highest BCUT2D eigenvalue weighted by atomic mass is 79.9. The van der Waals surface area contributed by atoms with E-state index in [9.17, 15) is 13.2 Å². The standard InChI is InChI=1S/C13H19BrN2O4S/c1-13(2,16-21(4,18)19)8-15-12(17)9-5-6-11(20-3)10(14)7-9/h5-7,16H,8H2,1-4H3,(H,15,17). The zero-order valence-electron chi connectivity index (χ0n) is 12.4.